The SMILES string of the molecule is CCN(CC1CCCN1C(=O)C(C)N)C(=O)OC(C)(C)C. The Balaban J connectivity index is 2.67. The van der Waals surface area contributed by atoms with Gasteiger partial charge in [-0.25, -0.2) is 4.79 Å². The van der Waals surface area contributed by atoms with E-state index in [1.54, 1.807) is 16.7 Å². The molecule has 1 aliphatic heterocycles. The fourth-order valence-corrected chi connectivity index (χ4v) is 2.49. The van der Waals surface area contributed by atoms with E-state index in [0.29, 0.717) is 13.1 Å². The van der Waals surface area contributed by atoms with Gasteiger partial charge in [0.05, 0.1) is 6.04 Å². The van der Waals surface area contributed by atoms with E-state index >= 15 is 0 Å². The molecular weight excluding hydrogens is 270 g/mol. The van der Waals surface area contributed by atoms with Crippen molar-refractivity contribution < 1.29 is 14.3 Å². The van der Waals surface area contributed by atoms with Crippen molar-refractivity contribution in [3.63, 3.8) is 0 Å². The quantitative estimate of drug-likeness (QED) is 0.855. The first-order valence-corrected chi connectivity index (χ1v) is 7.69. The summed E-state index contributed by atoms with van der Waals surface area (Å²) in [6.45, 7) is 10.9. The maximum atomic E-state index is 12.2. The highest BCUT2D eigenvalue weighted by molar-refractivity contribution is 5.81. The number of rotatable bonds is 4. The van der Waals surface area contributed by atoms with Crippen LogP contribution in [-0.4, -0.2) is 59.1 Å². The van der Waals surface area contributed by atoms with Crippen LogP contribution in [0.15, 0.2) is 0 Å². The Bertz CT molecular complexity index is 377. The number of likely N-dealkylation sites (N-methyl/N-ethyl adjacent to an activating group) is 1. The van der Waals surface area contributed by atoms with Crippen LogP contribution < -0.4 is 5.73 Å². The summed E-state index contributed by atoms with van der Waals surface area (Å²) in [5, 5.41) is 0. The molecule has 6 nitrogen and oxygen atoms in total. The highest BCUT2D eigenvalue weighted by atomic mass is 16.6. The number of nitrogens with two attached hydrogens (primary N) is 1. The summed E-state index contributed by atoms with van der Waals surface area (Å²) in [6, 6.07) is -0.460. The van der Waals surface area contributed by atoms with Gasteiger partial charge in [0, 0.05) is 25.7 Å². The van der Waals surface area contributed by atoms with Gasteiger partial charge in [-0.05, 0) is 47.5 Å². The molecule has 0 aromatic rings. The Kier molecular flexibility index (Phi) is 6.01. The molecule has 2 N–H and O–H groups in total. The normalized spacial score (nSPS) is 20.3. The van der Waals surface area contributed by atoms with Crippen molar-refractivity contribution in [2.24, 2.45) is 5.73 Å². The summed E-state index contributed by atoms with van der Waals surface area (Å²) in [5.74, 6) is -0.0438. The van der Waals surface area contributed by atoms with E-state index in [4.69, 9.17) is 10.5 Å². The van der Waals surface area contributed by atoms with Gasteiger partial charge in [0.25, 0.3) is 0 Å². The molecule has 1 rings (SSSR count). The first kappa shape index (κ1) is 17.8. The number of hydrogen-bond donors (Lipinski definition) is 1. The smallest absolute Gasteiger partial charge is 0.410 e. The molecule has 0 saturated carbocycles. The number of likely N-dealkylation sites (tertiary alicyclic amines) is 1. The third-order valence-electron chi connectivity index (χ3n) is 3.51. The average Bonchev–Trinajstić information content (AvgIpc) is 2.80. The van der Waals surface area contributed by atoms with Crippen LogP contribution in [0.25, 0.3) is 0 Å². The first-order valence-electron chi connectivity index (χ1n) is 7.69. The predicted molar refractivity (Wildman–Crippen MR) is 81.9 cm³/mol. The minimum atomic E-state index is -0.512. The Hall–Kier alpha value is -1.30. The van der Waals surface area contributed by atoms with Gasteiger partial charge in [-0.15, -0.1) is 0 Å². The largest absolute Gasteiger partial charge is 0.444 e. The minimum absolute atomic E-state index is 0.0379. The van der Waals surface area contributed by atoms with Gasteiger partial charge in [0.1, 0.15) is 5.60 Å². The molecule has 0 aromatic heterocycles. The summed E-state index contributed by atoms with van der Waals surface area (Å²) in [7, 11) is 0. The molecular formula is C15H29N3O3. The maximum absolute atomic E-state index is 12.2. The summed E-state index contributed by atoms with van der Waals surface area (Å²) in [6.07, 6.45) is 1.53. The lowest BCUT2D eigenvalue weighted by atomic mass is 10.2. The molecule has 0 bridgehead atoms. The van der Waals surface area contributed by atoms with E-state index in [9.17, 15) is 9.59 Å². The Labute approximate surface area is 127 Å². The topological polar surface area (TPSA) is 75.9 Å². The van der Waals surface area contributed by atoms with Crippen molar-refractivity contribution in [1.29, 1.82) is 0 Å². The fraction of sp³-hybridized carbons (Fsp3) is 0.867. The highest BCUT2D eigenvalue weighted by Gasteiger charge is 2.33. The number of carbonyl (C=O) groups excluding carboxylic acids is 2. The molecule has 1 aliphatic rings. The zero-order chi connectivity index (χ0) is 16.2. The van der Waals surface area contributed by atoms with E-state index in [0.717, 1.165) is 19.4 Å². The lowest BCUT2D eigenvalue weighted by molar-refractivity contribution is -0.133. The molecule has 122 valence electrons. The lowest BCUT2D eigenvalue weighted by Crippen LogP contribution is -2.50. The van der Waals surface area contributed by atoms with Crippen LogP contribution in [0.4, 0.5) is 4.79 Å². The van der Waals surface area contributed by atoms with Crippen LogP contribution in [0.3, 0.4) is 0 Å². The maximum Gasteiger partial charge on any atom is 0.410 e. The van der Waals surface area contributed by atoms with E-state index in [2.05, 4.69) is 0 Å². The van der Waals surface area contributed by atoms with Crippen molar-refractivity contribution >= 4 is 12.0 Å². The zero-order valence-corrected chi connectivity index (χ0v) is 13.9. The van der Waals surface area contributed by atoms with Gasteiger partial charge in [-0.3, -0.25) is 4.79 Å². The standard InChI is InChI=1S/C15H29N3O3/c1-6-17(14(20)21-15(3,4)5)10-12-8-7-9-18(12)13(19)11(2)16/h11-12H,6-10,16H2,1-5H3. The van der Waals surface area contributed by atoms with E-state index < -0.39 is 11.6 Å². The zero-order valence-electron chi connectivity index (χ0n) is 13.9. The van der Waals surface area contributed by atoms with Crippen LogP contribution in [0.1, 0.15) is 47.5 Å². The summed E-state index contributed by atoms with van der Waals surface area (Å²) in [4.78, 5) is 27.7. The lowest BCUT2D eigenvalue weighted by Gasteiger charge is -2.32. The first-order chi connectivity index (χ1) is 9.65. The van der Waals surface area contributed by atoms with Crippen LogP contribution in [0, 0.1) is 0 Å². The molecule has 1 saturated heterocycles. The second-order valence-electron chi connectivity index (χ2n) is 6.64. The molecule has 0 aliphatic carbocycles. The van der Waals surface area contributed by atoms with Crippen molar-refractivity contribution in [2.75, 3.05) is 19.6 Å². The third kappa shape index (κ3) is 5.19. The van der Waals surface area contributed by atoms with Gasteiger partial charge >= 0.3 is 6.09 Å². The van der Waals surface area contributed by atoms with Crippen molar-refractivity contribution in [3.8, 4) is 0 Å². The van der Waals surface area contributed by atoms with E-state index in [1.165, 1.54) is 0 Å². The second kappa shape index (κ2) is 7.11. The van der Waals surface area contributed by atoms with Gasteiger partial charge in [-0.2, -0.15) is 0 Å². The van der Waals surface area contributed by atoms with Crippen LogP contribution >= 0.6 is 0 Å². The Morgan fingerprint density at radius 1 is 1.43 bits per heavy atom. The average molecular weight is 299 g/mol. The molecule has 0 radical (unpaired) electrons. The Morgan fingerprint density at radius 2 is 2.05 bits per heavy atom. The van der Waals surface area contributed by atoms with Gasteiger partial charge in [-0.1, -0.05) is 0 Å². The molecule has 1 heterocycles. The predicted octanol–water partition coefficient (Wildman–Crippen LogP) is 1.58. The molecule has 1 fully saturated rings. The fourth-order valence-electron chi connectivity index (χ4n) is 2.49. The molecule has 2 atom stereocenters. The van der Waals surface area contributed by atoms with Crippen molar-refractivity contribution in [3.05, 3.63) is 0 Å². The Morgan fingerprint density at radius 3 is 2.52 bits per heavy atom. The van der Waals surface area contributed by atoms with Crippen molar-refractivity contribution in [2.45, 2.75) is 65.1 Å². The van der Waals surface area contributed by atoms with Crippen LogP contribution in [0.5, 0.6) is 0 Å². The van der Waals surface area contributed by atoms with Crippen molar-refractivity contribution in [1.82, 2.24) is 9.80 Å². The monoisotopic (exact) mass is 299 g/mol. The molecule has 0 spiro atoms. The summed E-state index contributed by atoms with van der Waals surface area (Å²) < 4.78 is 5.40. The number of nitrogens with zero attached hydrogens (tertiary/aromatic N) is 2. The molecule has 0 aromatic carbocycles. The number of ether oxygens (including phenoxy) is 1. The van der Waals surface area contributed by atoms with E-state index in [1.807, 2.05) is 27.7 Å². The van der Waals surface area contributed by atoms with Crippen LogP contribution in [0.2, 0.25) is 0 Å². The molecule has 2 amide bonds. The number of hydrogen-bond acceptors (Lipinski definition) is 4. The van der Waals surface area contributed by atoms with Crippen LogP contribution in [-0.2, 0) is 9.53 Å². The number of amides is 2. The highest BCUT2D eigenvalue weighted by Crippen LogP contribution is 2.20. The van der Waals surface area contributed by atoms with Gasteiger partial charge in [0.2, 0.25) is 5.91 Å². The summed E-state index contributed by atoms with van der Waals surface area (Å²) in [5.41, 5.74) is 5.18. The molecule has 6 heteroatoms. The molecule has 2 unspecified atom stereocenters. The number of carbonyl (C=O) groups is 2. The molecule has 21 heavy (non-hydrogen) atoms. The van der Waals surface area contributed by atoms with Gasteiger partial charge < -0.3 is 20.3 Å². The summed E-state index contributed by atoms with van der Waals surface area (Å²) >= 11 is 0. The van der Waals surface area contributed by atoms with E-state index in [-0.39, 0.29) is 18.0 Å². The minimum Gasteiger partial charge on any atom is -0.444 e. The third-order valence-corrected chi connectivity index (χ3v) is 3.51. The second-order valence-corrected chi connectivity index (χ2v) is 6.64. The van der Waals surface area contributed by atoms with Gasteiger partial charge in [0.15, 0.2) is 0 Å².